The Bertz CT molecular complexity index is 624. The Morgan fingerprint density at radius 2 is 2.12 bits per heavy atom. The summed E-state index contributed by atoms with van der Waals surface area (Å²) in [7, 11) is 3.52. The fourth-order valence-electron chi connectivity index (χ4n) is 4.14. The van der Waals surface area contributed by atoms with E-state index in [0.29, 0.717) is 45.1 Å². The normalized spacial score (nSPS) is 21.4. The minimum Gasteiger partial charge on any atom is -0.383 e. The van der Waals surface area contributed by atoms with E-state index < -0.39 is 0 Å². The Morgan fingerprint density at radius 1 is 1.35 bits per heavy atom. The number of aromatic nitrogens is 2. The minimum atomic E-state index is -0.109. The van der Waals surface area contributed by atoms with E-state index in [1.165, 1.54) is 12.8 Å². The van der Waals surface area contributed by atoms with Crippen LogP contribution in [0.5, 0.6) is 0 Å². The Hall–Kier alpha value is -1.89. The molecule has 1 atom stereocenters. The molecule has 1 aliphatic heterocycles. The number of piperidine rings is 1. The highest BCUT2D eigenvalue weighted by atomic mass is 16.5. The second-order valence-electron chi connectivity index (χ2n) is 7.49. The largest absolute Gasteiger partial charge is 0.383 e. The van der Waals surface area contributed by atoms with Gasteiger partial charge in [-0.3, -0.25) is 14.3 Å². The number of aryl methyl sites for hydroxylation is 1. The van der Waals surface area contributed by atoms with Gasteiger partial charge in [-0.25, -0.2) is 0 Å². The van der Waals surface area contributed by atoms with Crippen molar-refractivity contribution in [3.63, 3.8) is 0 Å². The molecule has 1 aromatic rings. The summed E-state index contributed by atoms with van der Waals surface area (Å²) in [4.78, 5) is 29.4. The maximum Gasteiger partial charge on any atom is 0.227 e. The number of likely N-dealkylation sites (tertiary alicyclic amines) is 1. The van der Waals surface area contributed by atoms with Gasteiger partial charge in [0.15, 0.2) is 0 Å². The van der Waals surface area contributed by atoms with Crippen LogP contribution in [0.4, 0.5) is 0 Å². The van der Waals surface area contributed by atoms with Gasteiger partial charge in [0.2, 0.25) is 11.8 Å². The number of methoxy groups -OCH3 is 1. The lowest BCUT2D eigenvalue weighted by Gasteiger charge is -2.38. The lowest BCUT2D eigenvalue weighted by molar-refractivity contribution is -0.145. The van der Waals surface area contributed by atoms with E-state index in [9.17, 15) is 9.59 Å². The zero-order chi connectivity index (χ0) is 18.5. The summed E-state index contributed by atoms with van der Waals surface area (Å²) in [5.74, 6) is 0.236. The molecular weight excluding hydrogens is 332 g/mol. The van der Waals surface area contributed by atoms with Gasteiger partial charge in [0, 0.05) is 58.0 Å². The zero-order valence-corrected chi connectivity index (χ0v) is 15.9. The van der Waals surface area contributed by atoms with Gasteiger partial charge in [0.05, 0.1) is 18.7 Å². The number of carbonyl (C=O) groups excluding carboxylic acids is 2. The average molecular weight is 362 g/mol. The van der Waals surface area contributed by atoms with Crippen LogP contribution in [-0.2, 0) is 27.9 Å². The predicted molar refractivity (Wildman–Crippen MR) is 97.2 cm³/mol. The topological polar surface area (TPSA) is 67.7 Å². The summed E-state index contributed by atoms with van der Waals surface area (Å²) in [5, 5.41) is 4.19. The van der Waals surface area contributed by atoms with E-state index in [0.717, 1.165) is 18.4 Å². The van der Waals surface area contributed by atoms with Gasteiger partial charge in [-0.1, -0.05) is 12.8 Å². The van der Waals surface area contributed by atoms with Crippen molar-refractivity contribution in [1.29, 1.82) is 0 Å². The number of ether oxygens (including phenoxy) is 1. The quantitative estimate of drug-likeness (QED) is 0.738. The number of amides is 2. The standard InChI is InChI=1S/C19H30N4O3/c1-21-12-15(11-20-21)13-22(9-10-26-2)19(25)16-7-8-18(24)23(14-16)17-5-3-4-6-17/h11-12,16-17H,3-10,13-14H2,1-2H3. The third-order valence-corrected chi connectivity index (χ3v) is 5.57. The van der Waals surface area contributed by atoms with Crippen molar-refractivity contribution in [2.24, 2.45) is 13.0 Å². The molecule has 0 spiro atoms. The third kappa shape index (κ3) is 4.44. The highest BCUT2D eigenvalue weighted by Crippen LogP contribution is 2.29. The molecule has 3 rings (SSSR count). The van der Waals surface area contributed by atoms with Crippen molar-refractivity contribution < 1.29 is 14.3 Å². The molecule has 1 aromatic heterocycles. The van der Waals surface area contributed by atoms with Crippen LogP contribution in [0.3, 0.4) is 0 Å². The van der Waals surface area contributed by atoms with Crippen LogP contribution in [0.25, 0.3) is 0 Å². The van der Waals surface area contributed by atoms with Crippen LogP contribution < -0.4 is 0 Å². The second kappa shape index (κ2) is 8.66. The van der Waals surface area contributed by atoms with Crippen molar-refractivity contribution in [3.8, 4) is 0 Å². The summed E-state index contributed by atoms with van der Waals surface area (Å²) >= 11 is 0. The van der Waals surface area contributed by atoms with Crippen LogP contribution in [0.1, 0.15) is 44.1 Å². The van der Waals surface area contributed by atoms with E-state index in [1.807, 2.05) is 23.0 Å². The van der Waals surface area contributed by atoms with E-state index in [-0.39, 0.29) is 17.7 Å². The summed E-state index contributed by atoms with van der Waals surface area (Å²) in [6, 6.07) is 0.337. The number of nitrogens with zero attached hydrogens (tertiary/aromatic N) is 4. The van der Waals surface area contributed by atoms with E-state index >= 15 is 0 Å². The Balaban J connectivity index is 1.67. The van der Waals surface area contributed by atoms with Gasteiger partial charge in [-0.15, -0.1) is 0 Å². The molecule has 2 fully saturated rings. The van der Waals surface area contributed by atoms with Crippen molar-refractivity contribution in [2.75, 3.05) is 26.8 Å². The van der Waals surface area contributed by atoms with Crippen molar-refractivity contribution >= 4 is 11.8 Å². The van der Waals surface area contributed by atoms with Crippen LogP contribution in [-0.4, -0.2) is 64.2 Å². The van der Waals surface area contributed by atoms with E-state index in [1.54, 1.807) is 18.0 Å². The van der Waals surface area contributed by atoms with Gasteiger partial charge in [0.1, 0.15) is 0 Å². The molecule has 2 amide bonds. The van der Waals surface area contributed by atoms with Crippen molar-refractivity contribution in [3.05, 3.63) is 18.0 Å². The van der Waals surface area contributed by atoms with E-state index in [2.05, 4.69) is 5.10 Å². The van der Waals surface area contributed by atoms with Gasteiger partial charge in [-0.05, 0) is 19.3 Å². The SMILES string of the molecule is COCCN(Cc1cnn(C)c1)C(=O)C1CCC(=O)N(C2CCCC2)C1. The molecule has 26 heavy (non-hydrogen) atoms. The first kappa shape index (κ1) is 18.9. The molecule has 7 nitrogen and oxygen atoms in total. The van der Waals surface area contributed by atoms with Gasteiger partial charge < -0.3 is 14.5 Å². The minimum absolute atomic E-state index is 0.109. The first-order chi connectivity index (χ1) is 12.6. The lowest BCUT2D eigenvalue weighted by Crippen LogP contribution is -2.50. The van der Waals surface area contributed by atoms with Crippen molar-refractivity contribution in [2.45, 2.75) is 51.1 Å². The fourth-order valence-corrected chi connectivity index (χ4v) is 4.14. The number of rotatable bonds is 7. The molecule has 1 aliphatic carbocycles. The summed E-state index contributed by atoms with van der Waals surface area (Å²) in [6.07, 6.45) is 9.40. The first-order valence-corrected chi connectivity index (χ1v) is 9.63. The molecule has 0 bridgehead atoms. The maximum absolute atomic E-state index is 13.2. The van der Waals surface area contributed by atoms with Gasteiger partial charge >= 0.3 is 0 Å². The smallest absolute Gasteiger partial charge is 0.227 e. The molecule has 1 saturated heterocycles. The van der Waals surface area contributed by atoms with E-state index in [4.69, 9.17) is 4.74 Å². The highest BCUT2D eigenvalue weighted by Gasteiger charge is 2.36. The fraction of sp³-hybridized carbons (Fsp3) is 0.737. The second-order valence-corrected chi connectivity index (χ2v) is 7.49. The zero-order valence-electron chi connectivity index (χ0n) is 15.9. The summed E-state index contributed by atoms with van der Waals surface area (Å²) in [6.45, 7) is 2.16. The van der Waals surface area contributed by atoms with Gasteiger partial charge in [0.25, 0.3) is 0 Å². The third-order valence-electron chi connectivity index (χ3n) is 5.57. The van der Waals surface area contributed by atoms with Crippen LogP contribution >= 0.6 is 0 Å². The molecule has 0 N–H and O–H groups in total. The molecule has 1 saturated carbocycles. The Kier molecular flexibility index (Phi) is 6.29. The Labute approximate surface area is 155 Å². The predicted octanol–water partition coefficient (Wildman–Crippen LogP) is 1.58. The van der Waals surface area contributed by atoms with Crippen LogP contribution in [0.2, 0.25) is 0 Å². The summed E-state index contributed by atoms with van der Waals surface area (Å²) < 4.78 is 6.94. The van der Waals surface area contributed by atoms with Crippen LogP contribution in [0.15, 0.2) is 12.4 Å². The molecule has 2 heterocycles. The maximum atomic E-state index is 13.2. The van der Waals surface area contributed by atoms with Gasteiger partial charge in [-0.2, -0.15) is 5.10 Å². The Morgan fingerprint density at radius 3 is 2.77 bits per heavy atom. The number of hydrogen-bond acceptors (Lipinski definition) is 4. The first-order valence-electron chi connectivity index (χ1n) is 9.63. The molecule has 0 aromatic carbocycles. The number of carbonyl (C=O) groups is 2. The average Bonchev–Trinajstić information content (AvgIpc) is 3.30. The molecule has 7 heteroatoms. The molecule has 0 radical (unpaired) electrons. The molecule has 144 valence electrons. The molecular formula is C19H30N4O3. The number of hydrogen-bond donors (Lipinski definition) is 0. The highest BCUT2D eigenvalue weighted by molar-refractivity contribution is 5.84. The molecule has 2 aliphatic rings. The summed E-state index contributed by atoms with van der Waals surface area (Å²) in [5.41, 5.74) is 1.01. The van der Waals surface area contributed by atoms with Crippen LogP contribution in [0, 0.1) is 5.92 Å². The molecule has 1 unspecified atom stereocenters. The van der Waals surface area contributed by atoms with Crippen molar-refractivity contribution in [1.82, 2.24) is 19.6 Å². The monoisotopic (exact) mass is 362 g/mol. The lowest BCUT2D eigenvalue weighted by atomic mass is 9.94.